The van der Waals surface area contributed by atoms with Crippen LogP contribution >= 0.6 is 0 Å². The molecule has 140 valence electrons. The molecule has 0 bridgehead atoms. The summed E-state index contributed by atoms with van der Waals surface area (Å²) in [5.41, 5.74) is 1.35. The van der Waals surface area contributed by atoms with Gasteiger partial charge in [-0.05, 0) is 24.5 Å². The van der Waals surface area contributed by atoms with Crippen LogP contribution in [0, 0.1) is 11.8 Å². The highest BCUT2D eigenvalue weighted by atomic mass is 16.5. The second-order valence-electron chi connectivity index (χ2n) is 7.92. The Kier molecular flexibility index (Phi) is 3.90. The number of aromatic nitrogens is 1. The lowest BCUT2D eigenvalue weighted by Gasteiger charge is -2.36. The molecule has 3 fully saturated rings. The second kappa shape index (κ2) is 6.30. The minimum atomic E-state index is -0.0939. The van der Waals surface area contributed by atoms with Gasteiger partial charge in [0.1, 0.15) is 0 Å². The number of nitrogens with zero attached hydrogens (tertiary/aromatic N) is 3. The summed E-state index contributed by atoms with van der Waals surface area (Å²) in [6.45, 7) is 4.32. The van der Waals surface area contributed by atoms with Crippen LogP contribution in [0.1, 0.15) is 23.7 Å². The number of fused-ring (bicyclic) bond motifs is 2. The van der Waals surface area contributed by atoms with Crippen molar-refractivity contribution in [3.8, 4) is 0 Å². The molecule has 2 amide bonds. The van der Waals surface area contributed by atoms with E-state index >= 15 is 0 Å². The van der Waals surface area contributed by atoms with Gasteiger partial charge < -0.3 is 14.5 Å². The Balaban J connectivity index is 1.41. The molecule has 0 N–H and O–H groups in total. The number of amides is 2. The second-order valence-corrected chi connectivity index (χ2v) is 7.92. The summed E-state index contributed by atoms with van der Waals surface area (Å²) in [6.07, 6.45) is 2.60. The van der Waals surface area contributed by atoms with Crippen LogP contribution in [0.2, 0.25) is 0 Å². The molecule has 3 heterocycles. The van der Waals surface area contributed by atoms with Crippen molar-refractivity contribution in [1.82, 2.24) is 14.8 Å². The molecule has 1 aromatic heterocycles. The van der Waals surface area contributed by atoms with Crippen molar-refractivity contribution >= 4 is 22.7 Å². The Bertz CT molecular complexity index is 909. The molecule has 0 spiro atoms. The van der Waals surface area contributed by atoms with E-state index in [1.165, 1.54) is 0 Å². The minimum Gasteiger partial charge on any atom is -0.372 e. The van der Waals surface area contributed by atoms with E-state index in [-0.39, 0.29) is 29.9 Å². The van der Waals surface area contributed by atoms with E-state index < -0.39 is 0 Å². The predicted octanol–water partition coefficient (Wildman–Crippen LogP) is 1.94. The third-order valence-electron chi connectivity index (χ3n) is 6.16. The van der Waals surface area contributed by atoms with Gasteiger partial charge in [-0.25, -0.2) is 0 Å². The maximum atomic E-state index is 13.4. The fourth-order valence-electron chi connectivity index (χ4n) is 4.45. The summed E-state index contributed by atoms with van der Waals surface area (Å²) < 4.78 is 5.91. The summed E-state index contributed by atoms with van der Waals surface area (Å²) in [5.74, 6) is 0.850. The molecule has 6 heteroatoms. The third-order valence-corrected chi connectivity index (χ3v) is 6.16. The zero-order chi connectivity index (χ0) is 18.5. The van der Waals surface area contributed by atoms with Gasteiger partial charge in [0.25, 0.3) is 5.91 Å². The van der Waals surface area contributed by atoms with Gasteiger partial charge >= 0.3 is 0 Å². The molecule has 2 aromatic rings. The molecule has 3 aliphatic rings. The number of likely N-dealkylation sites (tertiary alicyclic amines) is 1. The van der Waals surface area contributed by atoms with Crippen molar-refractivity contribution in [2.75, 3.05) is 26.2 Å². The normalized spacial score (nSPS) is 29.7. The number of hydrogen-bond acceptors (Lipinski definition) is 4. The van der Waals surface area contributed by atoms with Crippen LogP contribution < -0.4 is 0 Å². The Labute approximate surface area is 158 Å². The van der Waals surface area contributed by atoms with Crippen LogP contribution in [0.15, 0.2) is 36.5 Å². The quantitative estimate of drug-likeness (QED) is 0.816. The van der Waals surface area contributed by atoms with Crippen LogP contribution in [0.4, 0.5) is 0 Å². The number of ether oxygens (including phenoxy) is 1. The molecule has 4 atom stereocenters. The van der Waals surface area contributed by atoms with Crippen molar-refractivity contribution in [2.24, 2.45) is 11.8 Å². The highest BCUT2D eigenvalue weighted by Crippen LogP contribution is 2.40. The highest BCUT2D eigenvalue weighted by molar-refractivity contribution is 6.05. The first-order valence-corrected chi connectivity index (χ1v) is 9.68. The first kappa shape index (κ1) is 16.7. The zero-order valence-corrected chi connectivity index (χ0v) is 15.4. The molecule has 5 rings (SSSR count). The lowest BCUT2D eigenvalue weighted by atomic mass is 10.1. The first-order chi connectivity index (χ1) is 13.1. The fraction of sp³-hybridized carbons (Fsp3) is 0.476. The Morgan fingerprint density at radius 1 is 1.19 bits per heavy atom. The highest BCUT2D eigenvalue weighted by Gasteiger charge is 2.48. The molecule has 0 radical (unpaired) electrons. The van der Waals surface area contributed by atoms with Crippen LogP contribution in [0.5, 0.6) is 0 Å². The number of benzene rings is 1. The van der Waals surface area contributed by atoms with Crippen molar-refractivity contribution in [3.63, 3.8) is 0 Å². The minimum absolute atomic E-state index is 0.0216. The molecule has 1 aliphatic carbocycles. The zero-order valence-electron chi connectivity index (χ0n) is 15.4. The standard InChI is InChI=1S/C21H23N3O3/c1-13-10-16(13)20(25)23-11-17-18(12-23)27-9-8-24(17)21(26)15-6-2-4-14-5-3-7-22-19(14)15/h2-7,13,16-18H,8-12H2,1H3/t13-,16-,17+,18-/m0/s1. The van der Waals surface area contributed by atoms with Gasteiger partial charge in [0.05, 0.1) is 29.8 Å². The van der Waals surface area contributed by atoms with E-state index in [1.54, 1.807) is 6.20 Å². The van der Waals surface area contributed by atoms with E-state index in [2.05, 4.69) is 11.9 Å². The number of carbonyl (C=O) groups is 2. The largest absolute Gasteiger partial charge is 0.372 e. The Morgan fingerprint density at radius 3 is 2.81 bits per heavy atom. The van der Waals surface area contributed by atoms with Gasteiger partial charge in [-0.15, -0.1) is 0 Å². The summed E-state index contributed by atoms with van der Waals surface area (Å²) in [5, 5.41) is 0.958. The predicted molar refractivity (Wildman–Crippen MR) is 100 cm³/mol. The number of hydrogen-bond donors (Lipinski definition) is 0. The molecule has 0 unspecified atom stereocenters. The topological polar surface area (TPSA) is 62.7 Å². The number of para-hydroxylation sites is 1. The van der Waals surface area contributed by atoms with Gasteiger partial charge in [0.2, 0.25) is 5.91 Å². The van der Waals surface area contributed by atoms with E-state index in [1.807, 2.05) is 40.1 Å². The molecule has 27 heavy (non-hydrogen) atoms. The summed E-state index contributed by atoms with van der Waals surface area (Å²) in [7, 11) is 0. The number of carbonyl (C=O) groups excluding carboxylic acids is 2. The van der Waals surface area contributed by atoms with Crippen LogP contribution in [-0.4, -0.2) is 65.0 Å². The molecule has 6 nitrogen and oxygen atoms in total. The average Bonchev–Trinajstić information content (AvgIpc) is 3.26. The molecule has 2 aliphatic heterocycles. The summed E-state index contributed by atoms with van der Waals surface area (Å²) >= 11 is 0. The summed E-state index contributed by atoms with van der Waals surface area (Å²) in [6, 6.07) is 9.46. The van der Waals surface area contributed by atoms with E-state index in [0.717, 1.165) is 17.3 Å². The van der Waals surface area contributed by atoms with Gasteiger partial charge in [0, 0.05) is 37.1 Å². The molecular formula is C21H23N3O3. The number of pyridine rings is 1. The maximum absolute atomic E-state index is 13.4. The summed E-state index contributed by atoms with van der Waals surface area (Å²) in [4.78, 5) is 34.2. The number of morpholine rings is 1. The van der Waals surface area contributed by atoms with E-state index in [9.17, 15) is 9.59 Å². The van der Waals surface area contributed by atoms with Crippen molar-refractivity contribution in [2.45, 2.75) is 25.5 Å². The van der Waals surface area contributed by atoms with Crippen molar-refractivity contribution < 1.29 is 14.3 Å². The smallest absolute Gasteiger partial charge is 0.256 e. The Morgan fingerprint density at radius 2 is 2.00 bits per heavy atom. The number of rotatable bonds is 2. The van der Waals surface area contributed by atoms with E-state index in [0.29, 0.717) is 37.7 Å². The third kappa shape index (κ3) is 2.79. The monoisotopic (exact) mass is 365 g/mol. The Hall–Kier alpha value is -2.47. The molecule has 1 aromatic carbocycles. The van der Waals surface area contributed by atoms with Crippen LogP contribution in [-0.2, 0) is 9.53 Å². The van der Waals surface area contributed by atoms with Gasteiger partial charge in [-0.1, -0.05) is 25.1 Å². The van der Waals surface area contributed by atoms with Gasteiger partial charge in [-0.3, -0.25) is 14.6 Å². The lowest BCUT2D eigenvalue weighted by Crippen LogP contribution is -2.53. The lowest BCUT2D eigenvalue weighted by molar-refractivity contribution is -0.132. The van der Waals surface area contributed by atoms with E-state index in [4.69, 9.17) is 4.74 Å². The van der Waals surface area contributed by atoms with Gasteiger partial charge in [-0.2, -0.15) is 0 Å². The van der Waals surface area contributed by atoms with Crippen LogP contribution in [0.3, 0.4) is 0 Å². The first-order valence-electron chi connectivity index (χ1n) is 9.68. The van der Waals surface area contributed by atoms with Gasteiger partial charge in [0.15, 0.2) is 0 Å². The average molecular weight is 365 g/mol. The maximum Gasteiger partial charge on any atom is 0.256 e. The SMILES string of the molecule is C[C@H]1C[C@@H]1C(=O)N1C[C@@H]2OCCN(C(=O)c3cccc4cccnc34)[C@@H]2C1. The molecular weight excluding hydrogens is 342 g/mol. The molecule has 2 saturated heterocycles. The van der Waals surface area contributed by atoms with Crippen molar-refractivity contribution in [1.29, 1.82) is 0 Å². The fourth-order valence-corrected chi connectivity index (χ4v) is 4.45. The molecule has 1 saturated carbocycles. The van der Waals surface area contributed by atoms with Crippen LogP contribution in [0.25, 0.3) is 10.9 Å². The van der Waals surface area contributed by atoms with Crippen molar-refractivity contribution in [3.05, 3.63) is 42.1 Å².